The van der Waals surface area contributed by atoms with Crippen molar-refractivity contribution in [1.82, 2.24) is 19.4 Å². The van der Waals surface area contributed by atoms with Crippen molar-refractivity contribution < 1.29 is 4.39 Å². The molecule has 0 amide bonds. The third-order valence-corrected chi connectivity index (χ3v) is 5.46. The average Bonchev–Trinajstić information content (AvgIpc) is 3.15. The third kappa shape index (κ3) is 4.19. The Morgan fingerprint density at radius 1 is 1.48 bits per heavy atom. The van der Waals surface area contributed by atoms with Crippen LogP contribution in [0.1, 0.15) is 22.6 Å². The molecule has 0 unspecified atom stereocenters. The Balaban J connectivity index is 1.59. The predicted octanol–water partition coefficient (Wildman–Crippen LogP) is 2.83. The van der Waals surface area contributed by atoms with Gasteiger partial charge in [-0.2, -0.15) is 0 Å². The Labute approximate surface area is 141 Å². The molecule has 0 radical (unpaired) electrons. The molecule has 1 aliphatic heterocycles. The van der Waals surface area contributed by atoms with Gasteiger partial charge in [-0.25, -0.2) is 9.37 Å². The van der Waals surface area contributed by atoms with E-state index >= 15 is 0 Å². The molecule has 0 N–H and O–H groups in total. The van der Waals surface area contributed by atoms with Crippen LogP contribution in [0.5, 0.6) is 0 Å². The van der Waals surface area contributed by atoms with Crippen LogP contribution in [0.2, 0.25) is 0 Å². The summed E-state index contributed by atoms with van der Waals surface area (Å²) in [5.41, 5.74) is 4.26. The van der Waals surface area contributed by atoms with Gasteiger partial charge < -0.3 is 9.47 Å². The molecule has 4 nitrogen and oxygen atoms in total. The minimum absolute atomic E-state index is 0.278. The van der Waals surface area contributed by atoms with Gasteiger partial charge in [0.05, 0.1) is 11.2 Å². The normalized spacial score (nSPS) is 22.3. The van der Waals surface area contributed by atoms with Gasteiger partial charge in [0.25, 0.3) is 0 Å². The third-order valence-electron chi connectivity index (χ3n) is 4.54. The molecule has 6 heteroatoms. The Kier molecular flexibility index (Phi) is 5.14. The summed E-state index contributed by atoms with van der Waals surface area (Å²) < 4.78 is 16.0. The lowest BCUT2D eigenvalue weighted by Crippen LogP contribution is -2.38. The highest BCUT2D eigenvalue weighted by molar-refractivity contribution is 7.09. The highest BCUT2D eigenvalue weighted by atomic mass is 32.1. The van der Waals surface area contributed by atoms with Crippen LogP contribution in [0, 0.1) is 6.92 Å². The van der Waals surface area contributed by atoms with Crippen molar-refractivity contribution in [2.75, 3.05) is 20.1 Å². The Morgan fingerprint density at radius 3 is 2.96 bits per heavy atom. The van der Waals surface area contributed by atoms with Gasteiger partial charge in [0.1, 0.15) is 6.17 Å². The monoisotopic (exact) mass is 336 g/mol. The zero-order valence-electron chi connectivity index (χ0n) is 14.1. The molecule has 0 aliphatic carbocycles. The molecule has 23 heavy (non-hydrogen) atoms. The summed E-state index contributed by atoms with van der Waals surface area (Å²) in [6, 6.07) is 2.42. The van der Waals surface area contributed by atoms with E-state index in [1.807, 2.05) is 19.5 Å². The minimum Gasteiger partial charge on any atom is -0.357 e. The number of likely N-dealkylation sites (tertiary alicyclic amines) is 1. The number of hydrogen-bond donors (Lipinski definition) is 0. The van der Waals surface area contributed by atoms with Gasteiger partial charge in [0, 0.05) is 56.5 Å². The second-order valence-electron chi connectivity index (χ2n) is 6.66. The molecule has 3 rings (SSSR count). The van der Waals surface area contributed by atoms with Crippen LogP contribution < -0.4 is 0 Å². The van der Waals surface area contributed by atoms with E-state index in [0.717, 1.165) is 25.3 Å². The molecule has 2 atom stereocenters. The van der Waals surface area contributed by atoms with Crippen molar-refractivity contribution in [2.24, 2.45) is 7.05 Å². The summed E-state index contributed by atoms with van der Waals surface area (Å²) in [4.78, 5) is 10.1. The van der Waals surface area contributed by atoms with Gasteiger partial charge in [0.2, 0.25) is 0 Å². The zero-order chi connectivity index (χ0) is 16.4. The van der Waals surface area contributed by atoms with Gasteiger partial charge in [-0.3, -0.25) is 4.90 Å². The second-order valence-corrected chi connectivity index (χ2v) is 7.60. The minimum atomic E-state index is -0.710. The lowest BCUT2D eigenvalue weighted by Gasteiger charge is -2.28. The molecule has 1 saturated heterocycles. The lowest BCUT2D eigenvalue weighted by molar-refractivity contribution is 0.181. The van der Waals surface area contributed by atoms with Crippen LogP contribution in [0.4, 0.5) is 4.39 Å². The maximum Gasteiger partial charge on any atom is 0.114 e. The number of nitrogens with zero attached hydrogens (tertiary/aromatic N) is 4. The first kappa shape index (κ1) is 16.6. The molecule has 0 saturated carbocycles. The summed E-state index contributed by atoms with van der Waals surface area (Å²) in [6.07, 6.45) is 4.13. The lowest BCUT2D eigenvalue weighted by atomic mass is 10.2. The maximum atomic E-state index is 14.0. The predicted molar refractivity (Wildman–Crippen MR) is 92.3 cm³/mol. The molecule has 0 spiro atoms. The number of rotatable bonds is 6. The quantitative estimate of drug-likeness (QED) is 0.811. The van der Waals surface area contributed by atoms with E-state index in [9.17, 15) is 4.39 Å². The summed E-state index contributed by atoms with van der Waals surface area (Å²) in [6.45, 7) is 5.20. The molecule has 2 aromatic heterocycles. The summed E-state index contributed by atoms with van der Waals surface area (Å²) in [7, 11) is 4.15. The van der Waals surface area contributed by atoms with E-state index in [1.54, 1.807) is 11.3 Å². The van der Waals surface area contributed by atoms with Gasteiger partial charge in [-0.15, -0.1) is 11.3 Å². The number of halogens is 1. The largest absolute Gasteiger partial charge is 0.357 e. The van der Waals surface area contributed by atoms with Crippen molar-refractivity contribution >= 4 is 11.3 Å². The molecule has 0 aromatic carbocycles. The van der Waals surface area contributed by atoms with Crippen molar-refractivity contribution in [3.05, 3.63) is 40.1 Å². The smallest absolute Gasteiger partial charge is 0.114 e. The van der Waals surface area contributed by atoms with E-state index in [4.69, 9.17) is 0 Å². The fraction of sp³-hybridized carbons (Fsp3) is 0.588. The molecular weight excluding hydrogens is 311 g/mol. The fourth-order valence-corrected chi connectivity index (χ4v) is 4.16. The topological polar surface area (TPSA) is 24.3 Å². The first-order valence-corrected chi connectivity index (χ1v) is 8.95. The maximum absolute atomic E-state index is 14.0. The number of likely N-dealkylation sites (N-methyl/N-ethyl adjacent to an activating group) is 1. The first-order chi connectivity index (χ1) is 11.0. The Bertz CT molecular complexity index is 638. The highest BCUT2D eigenvalue weighted by Gasteiger charge is 2.33. The van der Waals surface area contributed by atoms with Gasteiger partial charge in [-0.1, -0.05) is 0 Å². The number of aryl methyl sites for hydroxylation is 2. The van der Waals surface area contributed by atoms with E-state index in [0.29, 0.717) is 13.0 Å². The SMILES string of the molecule is Cc1ncsc1CN1C[C@@H](F)C[C@H]1CN(C)Cc1ccn(C)c1. The van der Waals surface area contributed by atoms with Gasteiger partial charge >= 0.3 is 0 Å². The van der Waals surface area contributed by atoms with Crippen LogP contribution in [0.15, 0.2) is 24.0 Å². The molecule has 1 fully saturated rings. The van der Waals surface area contributed by atoms with Crippen LogP contribution >= 0.6 is 11.3 Å². The molecule has 3 heterocycles. The van der Waals surface area contributed by atoms with Crippen molar-refractivity contribution in [2.45, 2.75) is 38.6 Å². The van der Waals surface area contributed by atoms with Gasteiger partial charge in [-0.05, 0) is 32.0 Å². The Hall–Kier alpha value is -1.24. The van der Waals surface area contributed by atoms with Crippen molar-refractivity contribution in [3.8, 4) is 0 Å². The summed E-state index contributed by atoms with van der Waals surface area (Å²) in [5, 5.41) is 0. The number of hydrogen-bond acceptors (Lipinski definition) is 4. The van der Waals surface area contributed by atoms with E-state index < -0.39 is 6.17 Å². The van der Waals surface area contributed by atoms with Crippen molar-refractivity contribution in [1.29, 1.82) is 0 Å². The molecule has 2 aromatic rings. The zero-order valence-corrected chi connectivity index (χ0v) is 14.9. The van der Waals surface area contributed by atoms with Gasteiger partial charge in [0.15, 0.2) is 0 Å². The standard InChI is InChI=1S/C17H25FN4S/c1-13-17(23-12-19-13)11-22-9-15(18)6-16(22)10-21(3)8-14-4-5-20(2)7-14/h4-5,7,12,15-16H,6,8-11H2,1-3H3/t15-,16-/m0/s1. The second kappa shape index (κ2) is 7.11. The number of thiazole rings is 1. The number of alkyl halides is 1. The molecule has 1 aliphatic rings. The highest BCUT2D eigenvalue weighted by Crippen LogP contribution is 2.25. The Morgan fingerprint density at radius 2 is 2.30 bits per heavy atom. The van der Waals surface area contributed by atoms with E-state index in [-0.39, 0.29) is 6.04 Å². The molecular formula is C17H25FN4S. The van der Waals surface area contributed by atoms with E-state index in [2.05, 4.69) is 44.9 Å². The van der Waals surface area contributed by atoms with Crippen LogP contribution in [0.3, 0.4) is 0 Å². The average molecular weight is 336 g/mol. The van der Waals surface area contributed by atoms with Crippen LogP contribution in [-0.2, 0) is 20.1 Å². The molecule has 0 bridgehead atoms. The van der Waals surface area contributed by atoms with Crippen LogP contribution in [0.25, 0.3) is 0 Å². The van der Waals surface area contributed by atoms with Crippen LogP contribution in [-0.4, -0.2) is 51.7 Å². The van der Waals surface area contributed by atoms with Crippen molar-refractivity contribution in [3.63, 3.8) is 0 Å². The first-order valence-electron chi connectivity index (χ1n) is 8.07. The molecule has 126 valence electrons. The fourth-order valence-electron chi connectivity index (χ4n) is 3.36. The number of aromatic nitrogens is 2. The summed E-state index contributed by atoms with van der Waals surface area (Å²) in [5.74, 6) is 0. The summed E-state index contributed by atoms with van der Waals surface area (Å²) >= 11 is 1.67. The van der Waals surface area contributed by atoms with E-state index in [1.165, 1.54) is 10.4 Å².